The summed E-state index contributed by atoms with van der Waals surface area (Å²) < 4.78 is 22.1. The average molecular weight is 252 g/mol. The topological polar surface area (TPSA) is 97.5 Å². The van der Waals surface area contributed by atoms with Gasteiger partial charge in [0.2, 0.25) is 0 Å². The maximum Gasteiger partial charge on any atom is 0.323 e. The molecule has 0 amide bonds. The lowest BCUT2D eigenvalue weighted by Gasteiger charge is -2.08. The van der Waals surface area contributed by atoms with E-state index in [1.54, 1.807) is 0 Å². The van der Waals surface area contributed by atoms with E-state index in [0.29, 0.717) is 0 Å². The van der Waals surface area contributed by atoms with E-state index in [2.05, 4.69) is 0 Å². The molecule has 0 saturated carbocycles. The SMILES string of the molecule is Cl.NCCS(=O)(=O)C(CCl)C(=O)O. The first-order chi connectivity index (χ1) is 5.45. The lowest BCUT2D eigenvalue weighted by molar-refractivity contribution is -0.136. The first-order valence-electron chi connectivity index (χ1n) is 3.16. The molecule has 80 valence electrons. The summed E-state index contributed by atoms with van der Waals surface area (Å²) in [7, 11) is -3.68. The summed E-state index contributed by atoms with van der Waals surface area (Å²) in [4.78, 5) is 10.3. The van der Waals surface area contributed by atoms with Crippen LogP contribution in [0.5, 0.6) is 0 Å². The van der Waals surface area contributed by atoms with Gasteiger partial charge < -0.3 is 10.8 Å². The first kappa shape index (κ1) is 15.4. The molecule has 0 saturated heterocycles. The molecule has 0 spiro atoms. The van der Waals surface area contributed by atoms with Gasteiger partial charge in [-0.15, -0.1) is 24.0 Å². The second-order valence-corrected chi connectivity index (χ2v) is 4.75. The van der Waals surface area contributed by atoms with E-state index >= 15 is 0 Å². The molecule has 0 aliphatic heterocycles. The van der Waals surface area contributed by atoms with Gasteiger partial charge in [0.1, 0.15) is 0 Å². The molecule has 1 atom stereocenters. The minimum Gasteiger partial charge on any atom is -0.480 e. The van der Waals surface area contributed by atoms with Crippen molar-refractivity contribution < 1.29 is 18.3 Å². The molecule has 0 aromatic rings. The number of halogens is 2. The fourth-order valence-electron chi connectivity index (χ4n) is 0.622. The van der Waals surface area contributed by atoms with Gasteiger partial charge >= 0.3 is 5.97 Å². The molecule has 0 rings (SSSR count). The van der Waals surface area contributed by atoms with Gasteiger partial charge in [0, 0.05) is 12.4 Å². The van der Waals surface area contributed by atoms with E-state index in [1.807, 2.05) is 0 Å². The average Bonchev–Trinajstić information content (AvgIpc) is 1.86. The van der Waals surface area contributed by atoms with Gasteiger partial charge in [0.05, 0.1) is 5.75 Å². The van der Waals surface area contributed by atoms with Crippen LogP contribution in [0.25, 0.3) is 0 Å². The van der Waals surface area contributed by atoms with Crippen molar-refractivity contribution in [2.75, 3.05) is 18.2 Å². The number of aliphatic carboxylic acids is 1. The van der Waals surface area contributed by atoms with Crippen LogP contribution in [0.2, 0.25) is 0 Å². The normalized spacial score (nSPS) is 13.1. The maximum absolute atomic E-state index is 11.1. The standard InChI is InChI=1S/C5H10ClNO4S.ClH/c6-3-4(5(8)9)12(10,11)2-1-7;/h4H,1-3,7H2,(H,8,9);1H. The highest BCUT2D eigenvalue weighted by Crippen LogP contribution is 2.04. The van der Waals surface area contributed by atoms with Gasteiger partial charge in [-0.25, -0.2) is 8.42 Å². The largest absolute Gasteiger partial charge is 0.480 e. The Morgan fingerprint density at radius 2 is 2.00 bits per heavy atom. The van der Waals surface area contributed by atoms with Crippen LogP contribution in [0, 0.1) is 0 Å². The molecule has 3 N–H and O–H groups in total. The molecule has 0 heterocycles. The number of sulfone groups is 1. The van der Waals surface area contributed by atoms with Crippen molar-refractivity contribution in [1.29, 1.82) is 0 Å². The van der Waals surface area contributed by atoms with Crippen LogP contribution in [0.3, 0.4) is 0 Å². The molecule has 1 unspecified atom stereocenters. The molecule has 0 aliphatic carbocycles. The fourth-order valence-corrected chi connectivity index (χ4v) is 2.44. The highest BCUT2D eigenvalue weighted by atomic mass is 35.5. The molecule has 8 heteroatoms. The minimum atomic E-state index is -3.68. The van der Waals surface area contributed by atoms with Crippen molar-refractivity contribution in [3.05, 3.63) is 0 Å². The second-order valence-electron chi connectivity index (χ2n) is 2.14. The number of hydrogen-bond acceptors (Lipinski definition) is 4. The number of alkyl halides is 1. The Labute approximate surface area is 87.6 Å². The van der Waals surface area contributed by atoms with Crippen molar-refractivity contribution >= 4 is 39.8 Å². The van der Waals surface area contributed by atoms with E-state index in [1.165, 1.54) is 0 Å². The van der Waals surface area contributed by atoms with Crippen molar-refractivity contribution in [3.8, 4) is 0 Å². The molecule has 0 aromatic heterocycles. The Kier molecular flexibility index (Phi) is 7.62. The molecule has 0 aliphatic rings. The summed E-state index contributed by atoms with van der Waals surface area (Å²) in [6.45, 7) is -0.0942. The number of carbonyl (C=O) groups is 1. The van der Waals surface area contributed by atoms with Gasteiger partial charge in [-0.1, -0.05) is 0 Å². The fraction of sp³-hybridized carbons (Fsp3) is 0.800. The third-order valence-electron chi connectivity index (χ3n) is 1.25. The van der Waals surface area contributed by atoms with Gasteiger partial charge in [-0.3, -0.25) is 4.79 Å². The quantitative estimate of drug-likeness (QED) is 0.641. The highest BCUT2D eigenvalue weighted by molar-refractivity contribution is 7.92. The number of hydrogen-bond donors (Lipinski definition) is 2. The molecule has 0 fully saturated rings. The third kappa shape index (κ3) is 4.66. The van der Waals surface area contributed by atoms with E-state index < -0.39 is 26.9 Å². The molecule has 13 heavy (non-hydrogen) atoms. The van der Waals surface area contributed by atoms with Crippen LogP contribution >= 0.6 is 24.0 Å². The zero-order valence-electron chi connectivity index (χ0n) is 6.64. The first-order valence-corrected chi connectivity index (χ1v) is 5.41. The Morgan fingerprint density at radius 3 is 2.23 bits per heavy atom. The lowest BCUT2D eigenvalue weighted by atomic mass is 10.5. The molecular weight excluding hydrogens is 241 g/mol. The summed E-state index contributed by atoms with van der Waals surface area (Å²) in [5.74, 6) is -2.23. The Morgan fingerprint density at radius 1 is 1.54 bits per heavy atom. The lowest BCUT2D eigenvalue weighted by Crippen LogP contribution is -2.35. The predicted octanol–water partition coefficient (Wildman–Crippen LogP) is -0.526. The summed E-state index contributed by atoms with van der Waals surface area (Å²) in [6, 6.07) is 0. The van der Waals surface area contributed by atoms with Crippen LogP contribution in [0.4, 0.5) is 0 Å². The van der Waals surface area contributed by atoms with Crippen molar-refractivity contribution in [2.24, 2.45) is 5.73 Å². The third-order valence-corrected chi connectivity index (χ3v) is 3.78. The molecule has 0 bridgehead atoms. The maximum atomic E-state index is 11.1. The monoisotopic (exact) mass is 251 g/mol. The summed E-state index contributed by atoms with van der Waals surface area (Å²) >= 11 is 5.18. The molecule has 0 aromatic carbocycles. The molecule has 5 nitrogen and oxygen atoms in total. The predicted molar refractivity (Wildman–Crippen MR) is 52.2 cm³/mol. The zero-order chi connectivity index (χ0) is 9.78. The van der Waals surface area contributed by atoms with Crippen LogP contribution in [-0.2, 0) is 14.6 Å². The highest BCUT2D eigenvalue weighted by Gasteiger charge is 2.30. The Bertz CT molecular complexity index is 253. The number of carboxylic acid groups (broad SMARTS) is 1. The van der Waals surface area contributed by atoms with Gasteiger partial charge in [-0.05, 0) is 0 Å². The Balaban J connectivity index is 0. The summed E-state index contributed by atoms with van der Waals surface area (Å²) in [5, 5.41) is 6.89. The van der Waals surface area contributed by atoms with Crippen molar-refractivity contribution in [2.45, 2.75) is 5.25 Å². The van der Waals surface area contributed by atoms with Gasteiger partial charge in [0.15, 0.2) is 15.1 Å². The van der Waals surface area contributed by atoms with Crippen LogP contribution in [0.15, 0.2) is 0 Å². The Hall–Kier alpha value is -0.0400. The van der Waals surface area contributed by atoms with Crippen molar-refractivity contribution in [3.63, 3.8) is 0 Å². The zero-order valence-corrected chi connectivity index (χ0v) is 9.03. The van der Waals surface area contributed by atoms with Crippen LogP contribution < -0.4 is 5.73 Å². The number of nitrogens with two attached hydrogens (primary N) is 1. The second kappa shape index (κ2) is 6.42. The summed E-state index contributed by atoms with van der Waals surface area (Å²) in [6.07, 6.45) is 0. The number of carboxylic acids is 1. The van der Waals surface area contributed by atoms with E-state index in [0.717, 1.165) is 0 Å². The van der Waals surface area contributed by atoms with E-state index in [4.69, 9.17) is 22.4 Å². The smallest absolute Gasteiger partial charge is 0.323 e. The minimum absolute atomic E-state index is 0. The summed E-state index contributed by atoms with van der Waals surface area (Å²) in [5.41, 5.74) is 4.99. The van der Waals surface area contributed by atoms with E-state index in [-0.39, 0.29) is 24.7 Å². The molecule has 0 radical (unpaired) electrons. The number of rotatable bonds is 5. The van der Waals surface area contributed by atoms with Gasteiger partial charge in [-0.2, -0.15) is 0 Å². The molecular formula is C5H11Cl2NO4S. The van der Waals surface area contributed by atoms with Crippen molar-refractivity contribution in [1.82, 2.24) is 0 Å². The van der Waals surface area contributed by atoms with Crippen LogP contribution in [0.1, 0.15) is 0 Å². The van der Waals surface area contributed by atoms with E-state index in [9.17, 15) is 13.2 Å². The van der Waals surface area contributed by atoms with Gasteiger partial charge in [0.25, 0.3) is 0 Å². The van der Waals surface area contributed by atoms with Crippen LogP contribution in [-0.4, -0.2) is 42.9 Å².